The Morgan fingerprint density at radius 1 is 1.07 bits per heavy atom. The van der Waals surface area contributed by atoms with Crippen molar-refractivity contribution < 1.29 is 19.1 Å². The topological polar surface area (TPSA) is 67.9 Å². The van der Waals surface area contributed by atoms with Gasteiger partial charge in [-0.15, -0.1) is 0 Å². The first-order chi connectivity index (χ1) is 13.0. The molecular formula is C20H23ClN2O4. The monoisotopic (exact) mass is 390 g/mol. The van der Waals surface area contributed by atoms with E-state index in [9.17, 15) is 9.59 Å². The number of halogens is 1. The molecule has 0 aliphatic carbocycles. The van der Waals surface area contributed by atoms with E-state index in [1.54, 1.807) is 36.4 Å². The molecule has 2 aromatic carbocycles. The lowest BCUT2D eigenvalue weighted by Gasteiger charge is -2.23. The third-order valence-electron chi connectivity index (χ3n) is 3.89. The van der Waals surface area contributed by atoms with Crippen molar-refractivity contribution in [3.8, 4) is 11.5 Å². The van der Waals surface area contributed by atoms with Crippen LogP contribution >= 0.6 is 11.6 Å². The van der Waals surface area contributed by atoms with Crippen molar-refractivity contribution in [2.24, 2.45) is 0 Å². The second-order valence-corrected chi connectivity index (χ2v) is 6.26. The summed E-state index contributed by atoms with van der Waals surface area (Å²) in [7, 11) is 3.02. The third-order valence-corrected chi connectivity index (χ3v) is 4.12. The molecule has 0 aromatic heterocycles. The molecule has 6 nitrogen and oxygen atoms in total. The van der Waals surface area contributed by atoms with Crippen molar-refractivity contribution in [3.63, 3.8) is 0 Å². The number of rotatable bonds is 8. The van der Waals surface area contributed by atoms with Crippen LogP contribution in [-0.4, -0.2) is 44.0 Å². The van der Waals surface area contributed by atoms with E-state index in [-0.39, 0.29) is 18.4 Å². The van der Waals surface area contributed by atoms with E-state index < -0.39 is 0 Å². The smallest absolute Gasteiger partial charge is 0.258 e. The highest BCUT2D eigenvalue weighted by Crippen LogP contribution is 2.25. The number of anilines is 1. The number of benzene rings is 2. The van der Waals surface area contributed by atoms with Crippen molar-refractivity contribution in [1.82, 2.24) is 4.90 Å². The molecule has 2 aromatic rings. The van der Waals surface area contributed by atoms with E-state index in [0.717, 1.165) is 0 Å². The predicted molar refractivity (Wildman–Crippen MR) is 106 cm³/mol. The summed E-state index contributed by atoms with van der Waals surface area (Å²) < 4.78 is 10.5. The molecule has 0 aliphatic rings. The van der Waals surface area contributed by atoms with Gasteiger partial charge in [0, 0.05) is 11.6 Å². The third kappa shape index (κ3) is 5.37. The lowest BCUT2D eigenvalue weighted by atomic mass is 10.1. The number of hydrogen-bond acceptors (Lipinski definition) is 4. The average Bonchev–Trinajstić information content (AvgIpc) is 2.67. The Hall–Kier alpha value is -2.73. The molecule has 0 atom stereocenters. The van der Waals surface area contributed by atoms with Crippen LogP contribution in [0, 0.1) is 0 Å². The van der Waals surface area contributed by atoms with Crippen LogP contribution in [0.4, 0.5) is 5.69 Å². The Bertz CT molecular complexity index is 810. The Kier molecular flexibility index (Phi) is 7.49. The number of nitrogens with zero attached hydrogens (tertiary/aromatic N) is 1. The molecule has 0 saturated heterocycles. The molecular weight excluding hydrogens is 368 g/mol. The number of methoxy groups -OCH3 is 2. The maximum Gasteiger partial charge on any atom is 0.258 e. The number of carbonyl (C=O) groups is 2. The normalized spacial score (nSPS) is 10.2. The van der Waals surface area contributed by atoms with Crippen LogP contribution in [0.15, 0.2) is 42.5 Å². The van der Waals surface area contributed by atoms with Gasteiger partial charge in [-0.3, -0.25) is 9.59 Å². The summed E-state index contributed by atoms with van der Waals surface area (Å²) in [5, 5.41) is 3.21. The van der Waals surface area contributed by atoms with E-state index in [2.05, 4.69) is 5.32 Å². The summed E-state index contributed by atoms with van der Waals surface area (Å²) >= 11 is 6.03. The summed E-state index contributed by atoms with van der Waals surface area (Å²) in [5.74, 6) is 0.333. The van der Waals surface area contributed by atoms with Gasteiger partial charge in [-0.25, -0.2) is 0 Å². The van der Waals surface area contributed by atoms with Crippen LogP contribution in [-0.2, 0) is 4.79 Å². The number of carbonyl (C=O) groups excluding carboxylic acids is 2. The van der Waals surface area contributed by atoms with Crippen molar-refractivity contribution >= 4 is 29.1 Å². The number of ether oxygens (including phenoxy) is 2. The molecule has 0 saturated carbocycles. The molecule has 0 bridgehead atoms. The van der Waals surface area contributed by atoms with Crippen LogP contribution in [0.1, 0.15) is 23.7 Å². The van der Waals surface area contributed by atoms with Crippen molar-refractivity contribution in [2.75, 3.05) is 32.6 Å². The standard InChI is InChI=1S/C20H23ClN2O4/c1-4-11-23(20(25)15-12-14(21)9-10-17(15)26-2)13-19(24)22-16-7-5-6-8-18(16)27-3/h5-10,12H,4,11,13H2,1-3H3,(H,22,24). The first-order valence-corrected chi connectivity index (χ1v) is 8.93. The molecule has 0 unspecified atom stereocenters. The van der Waals surface area contributed by atoms with Gasteiger partial charge in [0.1, 0.15) is 18.0 Å². The Morgan fingerprint density at radius 2 is 1.78 bits per heavy atom. The molecule has 0 radical (unpaired) electrons. The summed E-state index contributed by atoms with van der Waals surface area (Å²) in [6.07, 6.45) is 0.705. The summed E-state index contributed by atoms with van der Waals surface area (Å²) in [5.41, 5.74) is 0.873. The molecule has 144 valence electrons. The van der Waals surface area contributed by atoms with Gasteiger partial charge < -0.3 is 19.7 Å². The summed E-state index contributed by atoms with van der Waals surface area (Å²) in [6.45, 7) is 2.27. The van der Waals surface area contributed by atoms with Crippen LogP contribution in [0.2, 0.25) is 5.02 Å². The molecule has 27 heavy (non-hydrogen) atoms. The molecule has 0 fully saturated rings. The number of amides is 2. The van der Waals surface area contributed by atoms with E-state index in [4.69, 9.17) is 21.1 Å². The minimum Gasteiger partial charge on any atom is -0.496 e. The van der Waals surface area contributed by atoms with Crippen molar-refractivity contribution in [3.05, 3.63) is 53.1 Å². The maximum absolute atomic E-state index is 13.0. The zero-order valence-corrected chi connectivity index (χ0v) is 16.4. The zero-order chi connectivity index (χ0) is 19.8. The summed E-state index contributed by atoms with van der Waals surface area (Å²) in [4.78, 5) is 26.9. The van der Waals surface area contributed by atoms with Crippen LogP contribution in [0.25, 0.3) is 0 Å². The van der Waals surface area contributed by atoms with Gasteiger partial charge >= 0.3 is 0 Å². The van der Waals surface area contributed by atoms with E-state index in [1.807, 2.05) is 13.0 Å². The van der Waals surface area contributed by atoms with Gasteiger partial charge in [-0.1, -0.05) is 30.7 Å². The highest BCUT2D eigenvalue weighted by atomic mass is 35.5. The molecule has 7 heteroatoms. The average molecular weight is 391 g/mol. The number of para-hydroxylation sites is 2. The highest BCUT2D eigenvalue weighted by Gasteiger charge is 2.22. The van der Waals surface area contributed by atoms with Crippen molar-refractivity contribution in [1.29, 1.82) is 0 Å². The van der Waals surface area contributed by atoms with E-state index in [0.29, 0.717) is 40.7 Å². The zero-order valence-electron chi connectivity index (χ0n) is 15.6. The fraction of sp³-hybridized carbons (Fsp3) is 0.300. The Balaban J connectivity index is 2.18. The van der Waals surface area contributed by atoms with Gasteiger partial charge in [0.25, 0.3) is 5.91 Å². The van der Waals surface area contributed by atoms with Gasteiger partial charge in [0.2, 0.25) is 5.91 Å². The first-order valence-electron chi connectivity index (χ1n) is 8.55. The number of hydrogen-bond donors (Lipinski definition) is 1. The second-order valence-electron chi connectivity index (χ2n) is 5.82. The van der Waals surface area contributed by atoms with Gasteiger partial charge in [-0.2, -0.15) is 0 Å². The molecule has 2 rings (SSSR count). The summed E-state index contributed by atoms with van der Waals surface area (Å²) in [6, 6.07) is 11.9. The Morgan fingerprint density at radius 3 is 2.44 bits per heavy atom. The lowest BCUT2D eigenvalue weighted by molar-refractivity contribution is -0.116. The fourth-order valence-corrected chi connectivity index (χ4v) is 2.82. The molecule has 1 N–H and O–H groups in total. The highest BCUT2D eigenvalue weighted by molar-refractivity contribution is 6.31. The van der Waals surface area contributed by atoms with Crippen LogP contribution in [0.3, 0.4) is 0 Å². The SMILES string of the molecule is CCCN(CC(=O)Nc1ccccc1OC)C(=O)c1cc(Cl)ccc1OC. The predicted octanol–water partition coefficient (Wildman–Crippen LogP) is 3.85. The first kappa shape index (κ1) is 20.6. The van der Waals surface area contributed by atoms with E-state index in [1.165, 1.54) is 19.1 Å². The quantitative estimate of drug-likeness (QED) is 0.743. The maximum atomic E-state index is 13.0. The number of nitrogens with one attached hydrogen (secondary N) is 1. The second kappa shape index (κ2) is 9.83. The molecule has 2 amide bonds. The molecule has 0 heterocycles. The van der Waals surface area contributed by atoms with E-state index >= 15 is 0 Å². The van der Waals surface area contributed by atoms with Crippen LogP contribution in [0.5, 0.6) is 11.5 Å². The van der Waals surface area contributed by atoms with Crippen LogP contribution < -0.4 is 14.8 Å². The minimum atomic E-state index is -0.317. The molecule has 0 spiro atoms. The fourth-order valence-electron chi connectivity index (χ4n) is 2.65. The van der Waals surface area contributed by atoms with Crippen molar-refractivity contribution in [2.45, 2.75) is 13.3 Å². The minimum absolute atomic E-state index is 0.0968. The largest absolute Gasteiger partial charge is 0.496 e. The molecule has 0 aliphatic heterocycles. The Labute approximate surface area is 164 Å². The van der Waals surface area contributed by atoms with Gasteiger partial charge in [-0.05, 0) is 36.8 Å². The van der Waals surface area contributed by atoms with Gasteiger partial charge in [0.05, 0.1) is 25.5 Å². The van der Waals surface area contributed by atoms with Gasteiger partial charge in [0.15, 0.2) is 0 Å². The lowest BCUT2D eigenvalue weighted by Crippen LogP contribution is -2.38.